The number of nitrogens with zero attached hydrogens (tertiary/aromatic N) is 2. The van der Waals surface area contributed by atoms with Crippen LogP contribution in [0, 0.1) is 0 Å². The summed E-state index contributed by atoms with van der Waals surface area (Å²) in [5.74, 6) is -1.12. The lowest BCUT2D eigenvalue weighted by Crippen LogP contribution is -2.40. The number of nitrogens with one attached hydrogen (secondary N) is 1. The molecule has 0 spiro atoms. The van der Waals surface area contributed by atoms with Gasteiger partial charge in [-0.2, -0.15) is 4.31 Å². The third-order valence-electron chi connectivity index (χ3n) is 4.54. The van der Waals surface area contributed by atoms with Crippen molar-refractivity contribution in [1.29, 1.82) is 0 Å². The highest BCUT2D eigenvalue weighted by atomic mass is 32.2. The van der Waals surface area contributed by atoms with Crippen LogP contribution in [0.25, 0.3) is 0 Å². The second kappa shape index (κ2) is 8.76. The number of hydrogen-bond acceptors (Lipinski definition) is 6. The molecule has 1 aromatic carbocycles. The van der Waals surface area contributed by atoms with Crippen LogP contribution in [-0.4, -0.2) is 61.6 Å². The monoisotopic (exact) mass is 421 g/mol. The highest BCUT2D eigenvalue weighted by Crippen LogP contribution is 2.19. The zero-order valence-corrected chi connectivity index (χ0v) is 17.0. The molecule has 1 atom stereocenters. The van der Waals surface area contributed by atoms with Crippen molar-refractivity contribution in [1.82, 2.24) is 8.87 Å². The molecule has 0 aliphatic carbocycles. The van der Waals surface area contributed by atoms with E-state index in [1.807, 2.05) is 0 Å². The number of aryl methyl sites for hydroxylation is 1. The van der Waals surface area contributed by atoms with Gasteiger partial charge >= 0.3 is 5.97 Å². The van der Waals surface area contributed by atoms with Crippen LogP contribution in [0.15, 0.2) is 47.5 Å². The van der Waals surface area contributed by atoms with Crippen molar-refractivity contribution in [3.8, 4) is 0 Å². The zero-order valence-electron chi connectivity index (χ0n) is 16.2. The molecule has 1 aromatic heterocycles. The lowest BCUT2D eigenvalue weighted by atomic mass is 10.3. The lowest BCUT2D eigenvalue weighted by Gasteiger charge is -2.26. The number of ether oxygens (including phenoxy) is 2. The maximum Gasteiger partial charge on any atom is 0.355 e. The fourth-order valence-electron chi connectivity index (χ4n) is 2.84. The highest BCUT2D eigenvalue weighted by molar-refractivity contribution is 7.89. The maximum absolute atomic E-state index is 12.6. The van der Waals surface area contributed by atoms with Gasteiger partial charge in [-0.15, -0.1) is 0 Å². The normalized spacial score (nSPS) is 16.2. The fourth-order valence-corrected chi connectivity index (χ4v) is 4.25. The number of amides is 1. The van der Waals surface area contributed by atoms with Gasteiger partial charge in [-0.05, 0) is 43.3 Å². The van der Waals surface area contributed by atoms with Gasteiger partial charge in [0.1, 0.15) is 5.69 Å². The van der Waals surface area contributed by atoms with Crippen molar-refractivity contribution in [2.45, 2.75) is 17.9 Å². The Morgan fingerprint density at radius 1 is 1.14 bits per heavy atom. The van der Waals surface area contributed by atoms with E-state index in [9.17, 15) is 18.0 Å². The number of sulfonamides is 1. The molecule has 2 heterocycles. The average Bonchev–Trinajstić information content (AvgIpc) is 3.15. The number of morpholine rings is 1. The van der Waals surface area contributed by atoms with E-state index in [1.165, 1.54) is 35.5 Å². The summed E-state index contributed by atoms with van der Waals surface area (Å²) >= 11 is 0. The molecule has 10 heteroatoms. The Hall–Kier alpha value is -2.69. The summed E-state index contributed by atoms with van der Waals surface area (Å²) in [4.78, 5) is 24.5. The van der Waals surface area contributed by atoms with Gasteiger partial charge in [0.25, 0.3) is 5.91 Å². The first-order valence-electron chi connectivity index (χ1n) is 9.10. The van der Waals surface area contributed by atoms with Crippen molar-refractivity contribution in [3.05, 3.63) is 48.3 Å². The maximum atomic E-state index is 12.6. The summed E-state index contributed by atoms with van der Waals surface area (Å²) in [6.45, 7) is 2.82. The van der Waals surface area contributed by atoms with Crippen LogP contribution in [0.2, 0.25) is 0 Å². The fraction of sp³-hybridized carbons (Fsp3) is 0.368. The van der Waals surface area contributed by atoms with Crippen LogP contribution in [0.1, 0.15) is 17.4 Å². The molecule has 1 N–H and O–H groups in total. The van der Waals surface area contributed by atoms with Gasteiger partial charge in [-0.3, -0.25) is 4.79 Å². The van der Waals surface area contributed by atoms with Gasteiger partial charge in [0.15, 0.2) is 6.10 Å². The lowest BCUT2D eigenvalue weighted by molar-refractivity contribution is -0.123. The summed E-state index contributed by atoms with van der Waals surface area (Å²) in [6, 6.07) is 9.16. The Morgan fingerprint density at radius 3 is 2.38 bits per heavy atom. The topological polar surface area (TPSA) is 107 Å². The summed E-state index contributed by atoms with van der Waals surface area (Å²) in [5, 5.41) is 2.61. The summed E-state index contributed by atoms with van der Waals surface area (Å²) in [6.07, 6.45) is 0.683. The molecule has 1 fully saturated rings. The molecule has 1 saturated heterocycles. The molecule has 156 valence electrons. The minimum Gasteiger partial charge on any atom is -0.448 e. The summed E-state index contributed by atoms with van der Waals surface area (Å²) < 4.78 is 38.6. The van der Waals surface area contributed by atoms with E-state index in [0.29, 0.717) is 37.7 Å². The Morgan fingerprint density at radius 2 is 1.79 bits per heavy atom. The minimum absolute atomic E-state index is 0.139. The van der Waals surface area contributed by atoms with Gasteiger partial charge in [-0.1, -0.05) is 0 Å². The third kappa shape index (κ3) is 4.84. The van der Waals surface area contributed by atoms with Crippen molar-refractivity contribution >= 4 is 27.6 Å². The zero-order chi connectivity index (χ0) is 21.0. The Labute approximate surface area is 169 Å². The number of hydrogen-bond donors (Lipinski definition) is 1. The number of esters is 1. The molecule has 3 rings (SSSR count). The quantitative estimate of drug-likeness (QED) is 0.703. The molecule has 1 aliphatic rings. The molecule has 9 nitrogen and oxygen atoms in total. The first-order valence-corrected chi connectivity index (χ1v) is 10.5. The van der Waals surface area contributed by atoms with Crippen LogP contribution in [-0.2, 0) is 31.3 Å². The third-order valence-corrected chi connectivity index (χ3v) is 6.45. The molecule has 1 aliphatic heterocycles. The van der Waals surface area contributed by atoms with Crippen LogP contribution >= 0.6 is 0 Å². The number of carbonyl (C=O) groups is 2. The Kier molecular flexibility index (Phi) is 6.36. The molecular weight excluding hydrogens is 398 g/mol. The summed E-state index contributed by atoms with van der Waals surface area (Å²) in [5.41, 5.74) is 0.736. The molecule has 0 radical (unpaired) electrons. The standard InChI is InChI=1S/C19H23N3O6S/c1-14(28-19(24)17-4-3-9-21(17)2)18(23)20-15-5-7-16(8-6-15)29(25,26)22-10-12-27-13-11-22/h3-9,14H,10-13H2,1-2H3,(H,20,23)/t14-/m0/s1. The first kappa shape index (κ1) is 21.0. The van der Waals surface area contributed by atoms with Gasteiger partial charge in [0.05, 0.1) is 18.1 Å². The smallest absolute Gasteiger partial charge is 0.355 e. The largest absolute Gasteiger partial charge is 0.448 e. The van der Waals surface area contributed by atoms with E-state index in [4.69, 9.17) is 9.47 Å². The van der Waals surface area contributed by atoms with E-state index >= 15 is 0 Å². The van der Waals surface area contributed by atoms with Gasteiger partial charge in [0.2, 0.25) is 10.0 Å². The van der Waals surface area contributed by atoms with Gasteiger partial charge in [-0.25, -0.2) is 13.2 Å². The number of benzene rings is 1. The number of aromatic nitrogens is 1. The molecule has 0 saturated carbocycles. The van der Waals surface area contributed by atoms with E-state index < -0.39 is 28.0 Å². The molecule has 1 amide bonds. The minimum atomic E-state index is -3.60. The van der Waals surface area contributed by atoms with E-state index in [2.05, 4.69) is 5.32 Å². The number of anilines is 1. The predicted octanol–water partition coefficient (Wildman–Crippen LogP) is 1.23. The van der Waals surface area contributed by atoms with Gasteiger partial charge < -0.3 is 19.4 Å². The van der Waals surface area contributed by atoms with E-state index in [-0.39, 0.29) is 4.90 Å². The van der Waals surface area contributed by atoms with Crippen molar-refractivity contribution in [2.24, 2.45) is 7.05 Å². The molecule has 2 aromatic rings. The SMILES string of the molecule is C[C@H](OC(=O)c1cccn1C)C(=O)Nc1ccc(S(=O)(=O)N2CCOCC2)cc1. The molecule has 0 unspecified atom stereocenters. The Bertz CT molecular complexity index is 978. The second-order valence-electron chi connectivity index (χ2n) is 6.58. The van der Waals surface area contributed by atoms with Crippen LogP contribution in [0.4, 0.5) is 5.69 Å². The molecule has 29 heavy (non-hydrogen) atoms. The molecule has 0 bridgehead atoms. The number of rotatable bonds is 6. The van der Waals surface area contributed by atoms with Gasteiger partial charge in [0, 0.05) is 32.0 Å². The van der Waals surface area contributed by atoms with Crippen molar-refractivity contribution in [3.63, 3.8) is 0 Å². The molecular formula is C19H23N3O6S. The second-order valence-corrected chi connectivity index (χ2v) is 8.52. The summed E-state index contributed by atoms with van der Waals surface area (Å²) in [7, 11) is -1.90. The van der Waals surface area contributed by atoms with Crippen LogP contribution in [0.3, 0.4) is 0 Å². The van der Waals surface area contributed by atoms with Crippen LogP contribution < -0.4 is 5.32 Å². The first-order chi connectivity index (χ1) is 13.8. The average molecular weight is 421 g/mol. The number of carbonyl (C=O) groups excluding carboxylic acids is 2. The van der Waals surface area contributed by atoms with Crippen LogP contribution in [0.5, 0.6) is 0 Å². The predicted molar refractivity (Wildman–Crippen MR) is 105 cm³/mol. The van der Waals surface area contributed by atoms with Crippen molar-refractivity contribution < 1.29 is 27.5 Å². The van der Waals surface area contributed by atoms with E-state index in [1.54, 1.807) is 29.9 Å². The Balaban J connectivity index is 1.61. The highest BCUT2D eigenvalue weighted by Gasteiger charge is 2.26. The van der Waals surface area contributed by atoms with Crippen molar-refractivity contribution in [2.75, 3.05) is 31.6 Å². The van der Waals surface area contributed by atoms with E-state index in [0.717, 1.165) is 0 Å².